The highest BCUT2D eigenvalue weighted by Crippen LogP contribution is 2.17. The van der Waals surface area contributed by atoms with Crippen LogP contribution in [-0.2, 0) is 16.1 Å². The lowest BCUT2D eigenvalue weighted by Crippen LogP contribution is -2.36. The van der Waals surface area contributed by atoms with Gasteiger partial charge in [0.15, 0.2) is 0 Å². The normalized spacial score (nSPS) is 12.8. The zero-order valence-electron chi connectivity index (χ0n) is 11.9. The zero-order valence-corrected chi connectivity index (χ0v) is 12.7. The van der Waals surface area contributed by atoms with Gasteiger partial charge in [0.2, 0.25) is 0 Å². The van der Waals surface area contributed by atoms with Gasteiger partial charge >= 0.3 is 0 Å². The van der Waals surface area contributed by atoms with Crippen LogP contribution in [-0.4, -0.2) is 30.6 Å². The number of hydrogen-bond donors (Lipinski definition) is 0. The maximum atomic E-state index is 12.1. The van der Waals surface area contributed by atoms with Crippen molar-refractivity contribution >= 4 is 17.2 Å². The molecule has 0 aromatic carbocycles. The van der Waals surface area contributed by atoms with E-state index in [9.17, 15) is 4.79 Å². The molecule has 0 aliphatic heterocycles. The Morgan fingerprint density at radius 3 is 2.61 bits per heavy atom. The lowest BCUT2D eigenvalue weighted by Gasteiger charge is -2.22. The number of hydrogen-bond acceptors (Lipinski definition) is 3. The molecule has 1 unspecified atom stereocenters. The molecule has 102 valence electrons. The Balaban J connectivity index is 2.48. The van der Waals surface area contributed by atoms with Crippen LogP contribution < -0.4 is 0 Å². The second-order valence-corrected chi connectivity index (χ2v) is 6.09. The molecule has 0 saturated carbocycles. The summed E-state index contributed by atoms with van der Waals surface area (Å²) >= 11 is 1.69. The van der Waals surface area contributed by atoms with Gasteiger partial charge in [0, 0.05) is 18.5 Å². The van der Waals surface area contributed by atoms with Crippen LogP contribution in [0.4, 0.5) is 0 Å². The Bertz CT molecular complexity index is 387. The quantitative estimate of drug-likeness (QED) is 0.794. The first kappa shape index (κ1) is 15.2. The molecule has 1 aromatic heterocycles. The molecular weight excluding hydrogens is 246 g/mol. The molecule has 1 amide bonds. The van der Waals surface area contributed by atoms with Crippen molar-refractivity contribution in [1.82, 2.24) is 4.90 Å². The fourth-order valence-corrected chi connectivity index (χ4v) is 2.54. The summed E-state index contributed by atoms with van der Waals surface area (Å²) in [5.41, 5.74) is 1.25. The van der Waals surface area contributed by atoms with E-state index in [-0.39, 0.29) is 12.0 Å². The van der Waals surface area contributed by atoms with E-state index >= 15 is 0 Å². The summed E-state index contributed by atoms with van der Waals surface area (Å²) in [7, 11) is 1.83. The lowest BCUT2D eigenvalue weighted by molar-refractivity contribution is -0.142. The molecule has 0 saturated heterocycles. The number of thiophene rings is 1. The van der Waals surface area contributed by atoms with Gasteiger partial charge in [0.1, 0.15) is 6.10 Å². The van der Waals surface area contributed by atoms with Gasteiger partial charge in [-0.05, 0) is 36.8 Å². The Morgan fingerprint density at radius 1 is 1.44 bits per heavy atom. The van der Waals surface area contributed by atoms with Crippen molar-refractivity contribution in [1.29, 1.82) is 0 Å². The highest BCUT2D eigenvalue weighted by Gasteiger charge is 2.19. The fraction of sp³-hybridized carbons (Fsp3) is 0.643. The molecule has 3 nitrogen and oxygen atoms in total. The van der Waals surface area contributed by atoms with E-state index in [1.54, 1.807) is 16.2 Å². The summed E-state index contributed by atoms with van der Waals surface area (Å²) in [6, 6.07) is 2.08. The largest absolute Gasteiger partial charge is 0.368 e. The Hall–Kier alpha value is -0.870. The van der Waals surface area contributed by atoms with Crippen molar-refractivity contribution in [2.45, 2.75) is 40.3 Å². The third-order valence-electron chi connectivity index (χ3n) is 2.75. The van der Waals surface area contributed by atoms with Gasteiger partial charge in [0.05, 0.1) is 6.54 Å². The number of nitrogens with zero attached hydrogens (tertiary/aromatic N) is 1. The van der Waals surface area contributed by atoms with E-state index in [1.165, 1.54) is 10.4 Å². The number of carbonyl (C=O) groups excluding carboxylic acids is 1. The van der Waals surface area contributed by atoms with Crippen LogP contribution >= 0.6 is 11.3 Å². The number of aryl methyl sites for hydroxylation is 1. The summed E-state index contributed by atoms with van der Waals surface area (Å²) in [6.45, 7) is 9.34. The van der Waals surface area contributed by atoms with Crippen molar-refractivity contribution in [3.05, 3.63) is 21.9 Å². The van der Waals surface area contributed by atoms with Gasteiger partial charge in [-0.25, -0.2) is 0 Å². The molecule has 1 heterocycles. The molecule has 0 spiro atoms. The van der Waals surface area contributed by atoms with Gasteiger partial charge < -0.3 is 9.64 Å². The van der Waals surface area contributed by atoms with Gasteiger partial charge in [-0.15, -0.1) is 11.3 Å². The van der Waals surface area contributed by atoms with Crippen LogP contribution in [0.15, 0.2) is 11.4 Å². The van der Waals surface area contributed by atoms with Crippen LogP contribution in [0.2, 0.25) is 0 Å². The zero-order chi connectivity index (χ0) is 13.7. The molecule has 1 rings (SSSR count). The Labute approximate surface area is 114 Å². The first-order valence-corrected chi connectivity index (χ1v) is 7.19. The molecule has 1 aromatic rings. The summed E-state index contributed by atoms with van der Waals surface area (Å²) in [4.78, 5) is 15.1. The summed E-state index contributed by atoms with van der Waals surface area (Å²) in [6.07, 6.45) is -0.363. The summed E-state index contributed by atoms with van der Waals surface area (Å²) in [5.74, 6) is 0.494. The maximum Gasteiger partial charge on any atom is 0.251 e. The van der Waals surface area contributed by atoms with Crippen LogP contribution in [0, 0.1) is 12.8 Å². The van der Waals surface area contributed by atoms with Crippen LogP contribution in [0.25, 0.3) is 0 Å². The van der Waals surface area contributed by atoms with E-state index in [1.807, 2.05) is 14.0 Å². The van der Waals surface area contributed by atoms with Gasteiger partial charge in [0.25, 0.3) is 5.91 Å². The van der Waals surface area contributed by atoms with Crippen molar-refractivity contribution in [2.24, 2.45) is 5.92 Å². The number of amides is 1. The van der Waals surface area contributed by atoms with Crippen LogP contribution in [0.1, 0.15) is 31.2 Å². The first-order chi connectivity index (χ1) is 8.41. The first-order valence-electron chi connectivity index (χ1n) is 6.31. The second kappa shape index (κ2) is 6.90. The minimum Gasteiger partial charge on any atom is -0.368 e. The van der Waals surface area contributed by atoms with Crippen molar-refractivity contribution in [3.8, 4) is 0 Å². The number of ether oxygens (including phenoxy) is 1. The summed E-state index contributed by atoms with van der Waals surface area (Å²) in [5, 5.41) is 2.06. The fourth-order valence-electron chi connectivity index (χ4n) is 1.58. The highest BCUT2D eigenvalue weighted by molar-refractivity contribution is 7.10. The Kier molecular flexibility index (Phi) is 5.82. The summed E-state index contributed by atoms with van der Waals surface area (Å²) < 4.78 is 5.55. The molecule has 1 atom stereocenters. The third kappa shape index (κ3) is 4.42. The molecular formula is C14H23NO2S. The SMILES string of the molecule is Cc1ccsc1CN(C)C(=O)C(C)OCC(C)C. The highest BCUT2D eigenvalue weighted by atomic mass is 32.1. The molecule has 0 fully saturated rings. The standard InChI is InChI=1S/C14H23NO2S/c1-10(2)9-17-12(4)14(16)15(5)8-13-11(3)6-7-18-13/h6-7,10,12H,8-9H2,1-5H3. The molecule has 0 N–H and O–H groups in total. The number of rotatable bonds is 6. The molecule has 4 heteroatoms. The predicted octanol–water partition coefficient (Wildman–Crippen LogP) is 3.08. The Morgan fingerprint density at radius 2 is 2.11 bits per heavy atom. The monoisotopic (exact) mass is 269 g/mol. The molecule has 0 aliphatic carbocycles. The van der Waals surface area contributed by atoms with Gasteiger partial charge in [-0.2, -0.15) is 0 Å². The number of likely N-dealkylation sites (N-methyl/N-ethyl adjacent to an activating group) is 1. The van der Waals surface area contributed by atoms with E-state index < -0.39 is 0 Å². The van der Waals surface area contributed by atoms with E-state index in [4.69, 9.17) is 4.74 Å². The molecule has 18 heavy (non-hydrogen) atoms. The van der Waals surface area contributed by atoms with E-state index in [0.29, 0.717) is 19.1 Å². The lowest BCUT2D eigenvalue weighted by atomic mass is 10.2. The number of carbonyl (C=O) groups is 1. The predicted molar refractivity (Wildman–Crippen MR) is 75.8 cm³/mol. The van der Waals surface area contributed by atoms with Crippen molar-refractivity contribution < 1.29 is 9.53 Å². The van der Waals surface area contributed by atoms with Gasteiger partial charge in [-0.3, -0.25) is 4.79 Å². The topological polar surface area (TPSA) is 29.5 Å². The van der Waals surface area contributed by atoms with Crippen LogP contribution in [0.3, 0.4) is 0 Å². The van der Waals surface area contributed by atoms with E-state index in [0.717, 1.165) is 0 Å². The average Bonchev–Trinajstić information content (AvgIpc) is 2.70. The minimum atomic E-state index is -0.363. The van der Waals surface area contributed by atoms with E-state index in [2.05, 4.69) is 32.2 Å². The van der Waals surface area contributed by atoms with Crippen molar-refractivity contribution in [3.63, 3.8) is 0 Å². The van der Waals surface area contributed by atoms with Crippen LogP contribution in [0.5, 0.6) is 0 Å². The average molecular weight is 269 g/mol. The second-order valence-electron chi connectivity index (χ2n) is 5.09. The molecule has 0 radical (unpaired) electrons. The molecule has 0 aliphatic rings. The van der Waals surface area contributed by atoms with Gasteiger partial charge in [-0.1, -0.05) is 13.8 Å². The molecule has 0 bridgehead atoms. The van der Waals surface area contributed by atoms with Crippen molar-refractivity contribution in [2.75, 3.05) is 13.7 Å². The minimum absolute atomic E-state index is 0.0449. The third-order valence-corrected chi connectivity index (χ3v) is 3.76. The maximum absolute atomic E-state index is 12.1. The smallest absolute Gasteiger partial charge is 0.251 e.